The van der Waals surface area contributed by atoms with Crippen LogP contribution < -0.4 is 0 Å². The Kier molecular flexibility index (Phi) is 7.79. The van der Waals surface area contributed by atoms with Crippen LogP contribution in [-0.4, -0.2) is 4.98 Å². The molecule has 3 rings (SSSR count). The zero-order valence-electron chi connectivity index (χ0n) is 11.4. The van der Waals surface area contributed by atoms with E-state index in [0.717, 1.165) is 16.9 Å². The van der Waals surface area contributed by atoms with Crippen LogP contribution in [0.4, 0.5) is 0 Å². The molecular weight excluding hydrogens is 429 g/mol. The van der Waals surface area contributed by atoms with Crippen LogP contribution in [0, 0.1) is 20.9 Å². The van der Waals surface area contributed by atoms with E-state index < -0.39 is 0 Å². The molecule has 3 heteroatoms. The number of hydrogen-bond acceptors (Lipinski definition) is 2. The summed E-state index contributed by atoms with van der Waals surface area (Å²) in [6.07, 6.45) is 1.74. The first-order valence-corrected chi connectivity index (χ1v) is 5.42. The summed E-state index contributed by atoms with van der Waals surface area (Å²) in [6, 6.07) is 20.7. The minimum Gasteiger partial charge on any atom is -0.481 e. The predicted octanol–water partition coefficient (Wildman–Crippen LogP) is 4.71. The minimum absolute atomic E-state index is 0. The molecule has 0 aliphatic rings. The largest absolute Gasteiger partial charge is 0.481 e. The Bertz CT molecular complexity index is 551. The van der Waals surface area contributed by atoms with Crippen LogP contribution in [0.25, 0.3) is 22.8 Å². The Labute approximate surface area is 135 Å². The van der Waals surface area contributed by atoms with Crippen molar-refractivity contribution in [3.8, 4) is 22.8 Å². The fraction of sp³-hybridized carbons (Fsp3) is 0. The molecular formula is C17H16NOPt-3. The van der Waals surface area contributed by atoms with Crippen molar-refractivity contribution in [1.82, 2.24) is 4.98 Å². The summed E-state index contributed by atoms with van der Waals surface area (Å²) >= 11 is 0. The zero-order chi connectivity index (χ0) is 11.5. The molecule has 0 atom stereocenters. The third-order valence-corrected chi connectivity index (χ3v) is 2.50. The monoisotopic (exact) mass is 445 g/mol. The number of aromatic nitrogens is 1. The molecule has 0 N–H and O–H groups in total. The molecule has 0 saturated carbocycles. The maximum absolute atomic E-state index is 5.71. The maximum Gasteiger partial charge on any atom is 0.141 e. The Hall–Kier alpha value is -1.66. The smallest absolute Gasteiger partial charge is 0.141 e. The average Bonchev–Trinajstić information content (AvgIpc) is 2.90. The molecule has 0 bridgehead atoms. The van der Waals surface area contributed by atoms with E-state index in [9.17, 15) is 0 Å². The number of hydrogen-bond donors (Lipinski definition) is 0. The molecule has 0 unspecified atom stereocenters. The first-order valence-electron chi connectivity index (χ1n) is 5.42. The SMILES string of the molecule is [CH3-].[CH3-].[Pt].[c-]1ccccc1-c1ncc(-c2ccccc2)o1. The summed E-state index contributed by atoms with van der Waals surface area (Å²) in [7, 11) is 0. The van der Waals surface area contributed by atoms with Gasteiger partial charge in [0.05, 0.1) is 6.20 Å². The normalized spacial score (nSPS) is 8.80. The van der Waals surface area contributed by atoms with Crippen LogP contribution in [0.15, 0.2) is 65.2 Å². The van der Waals surface area contributed by atoms with Gasteiger partial charge in [-0.25, -0.2) is 0 Å². The second-order valence-electron chi connectivity index (χ2n) is 3.67. The van der Waals surface area contributed by atoms with Gasteiger partial charge in [-0.15, -0.1) is 30.3 Å². The topological polar surface area (TPSA) is 26.0 Å². The third kappa shape index (κ3) is 3.91. The summed E-state index contributed by atoms with van der Waals surface area (Å²) in [5.74, 6) is 1.38. The third-order valence-electron chi connectivity index (χ3n) is 2.50. The number of nitrogens with zero attached hydrogens (tertiary/aromatic N) is 1. The molecule has 0 aliphatic carbocycles. The van der Waals surface area contributed by atoms with Crippen molar-refractivity contribution in [1.29, 1.82) is 0 Å². The molecule has 0 spiro atoms. The van der Waals surface area contributed by atoms with Gasteiger partial charge < -0.3 is 19.3 Å². The number of rotatable bonds is 2. The molecule has 0 aliphatic heterocycles. The molecule has 0 saturated heterocycles. The fourth-order valence-corrected chi connectivity index (χ4v) is 1.66. The van der Waals surface area contributed by atoms with Gasteiger partial charge in [0.2, 0.25) is 0 Å². The number of oxazole rings is 1. The predicted molar refractivity (Wildman–Crippen MR) is 79.0 cm³/mol. The molecule has 108 valence electrons. The molecule has 3 aromatic rings. The first-order chi connectivity index (χ1) is 8.43. The van der Waals surface area contributed by atoms with Crippen LogP contribution in [-0.2, 0) is 21.1 Å². The van der Waals surface area contributed by atoms with Crippen molar-refractivity contribution in [2.24, 2.45) is 0 Å². The second kappa shape index (κ2) is 8.50. The summed E-state index contributed by atoms with van der Waals surface area (Å²) < 4.78 is 5.71. The van der Waals surface area contributed by atoms with Crippen molar-refractivity contribution in [2.45, 2.75) is 0 Å². The van der Waals surface area contributed by atoms with Crippen molar-refractivity contribution in [3.05, 3.63) is 81.7 Å². The van der Waals surface area contributed by atoms with E-state index in [1.54, 1.807) is 6.20 Å². The summed E-state index contributed by atoms with van der Waals surface area (Å²) in [5, 5.41) is 0. The van der Waals surface area contributed by atoms with Gasteiger partial charge in [-0.1, -0.05) is 35.9 Å². The average molecular weight is 445 g/mol. The van der Waals surface area contributed by atoms with E-state index in [4.69, 9.17) is 4.42 Å². The number of benzene rings is 2. The van der Waals surface area contributed by atoms with Gasteiger partial charge in [-0.2, -0.15) is 0 Å². The summed E-state index contributed by atoms with van der Waals surface area (Å²) in [5.41, 5.74) is 1.90. The van der Waals surface area contributed by atoms with Gasteiger partial charge in [0.25, 0.3) is 0 Å². The van der Waals surface area contributed by atoms with Crippen molar-refractivity contribution in [2.75, 3.05) is 0 Å². The molecule has 0 fully saturated rings. The van der Waals surface area contributed by atoms with E-state index in [1.807, 2.05) is 54.6 Å². The van der Waals surface area contributed by atoms with Crippen LogP contribution in [0.1, 0.15) is 0 Å². The van der Waals surface area contributed by atoms with Gasteiger partial charge >= 0.3 is 0 Å². The van der Waals surface area contributed by atoms with E-state index in [2.05, 4.69) is 11.1 Å². The van der Waals surface area contributed by atoms with E-state index >= 15 is 0 Å². The first kappa shape index (κ1) is 18.3. The molecule has 2 nitrogen and oxygen atoms in total. The van der Waals surface area contributed by atoms with Crippen LogP contribution in [0.5, 0.6) is 0 Å². The van der Waals surface area contributed by atoms with Crippen molar-refractivity contribution >= 4 is 0 Å². The molecule has 1 heterocycles. The molecule has 0 amide bonds. The van der Waals surface area contributed by atoms with E-state index in [1.165, 1.54) is 0 Å². The van der Waals surface area contributed by atoms with E-state index in [-0.39, 0.29) is 35.9 Å². The maximum atomic E-state index is 5.71. The van der Waals surface area contributed by atoms with Gasteiger partial charge in [0, 0.05) is 26.6 Å². The van der Waals surface area contributed by atoms with Gasteiger partial charge in [0.1, 0.15) is 11.7 Å². The fourth-order valence-electron chi connectivity index (χ4n) is 1.66. The Balaban J connectivity index is 0.00000120. The van der Waals surface area contributed by atoms with Crippen molar-refractivity contribution < 1.29 is 25.5 Å². The van der Waals surface area contributed by atoms with Crippen LogP contribution >= 0.6 is 0 Å². The van der Waals surface area contributed by atoms with Gasteiger partial charge in [0.15, 0.2) is 0 Å². The Morgan fingerprint density at radius 2 is 1.60 bits per heavy atom. The quantitative estimate of drug-likeness (QED) is 0.535. The molecule has 20 heavy (non-hydrogen) atoms. The van der Waals surface area contributed by atoms with E-state index in [0.29, 0.717) is 5.89 Å². The Morgan fingerprint density at radius 3 is 2.25 bits per heavy atom. The van der Waals surface area contributed by atoms with Gasteiger partial charge in [-0.3, -0.25) is 4.98 Å². The van der Waals surface area contributed by atoms with Crippen molar-refractivity contribution in [3.63, 3.8) is 0 Å². The zero-order valence-corrected chi connectivity index (χ0v) is 13.7. The Morgan fingerprint density at radius 1 is 0.900 bits per heavy atom. The molecule has 2 aromatic carbocycles. The molecule has 1 aromatic heterocycles. The second-order valence-corrected chi connectivity index (χ2v) is 3.67. The standard InChI is InChI=1S/C15H10NO.2CH3.Pt/c1-3-7-12(8-4-1)14-11-16-15(17-14)13-9-5-2-6-10-13;;;/h1-9,11H;2*1H3;/q3*-1;. The molecule has 0 radical (unpaired) electrons. The minimum atomic E-state index is 0. The summed E-state index contributed by atoms with van der Waals surface area (Å²) in [4.78, 5) is 4.26. The van der Waals surface area contributed by atoms with Gasteiger partial charge in [-0.05, 0) is 0 Å². The van der Waals surface area contributed by atoms with Crippen LogP contribution in [0.3, 0.4) is 0 Å². The van der Waals surface area contributed by atoms with Crippen LogP contribution in [0.2, 0.25) is 0 Å². The summed E-state index contributed by atoms with van der Waals surface area (Å²) in [6.45, 7) is 0.